The van der Waals surface area contributed by atoms with Gasteiger partial charge in [-0.25, -0.2) is 0 Å². The van der Waals surface area contributed by atoms with Crippen LogP contribution in [0.4, 0.5) is 5.69 Å². The van der Waals surface area contributed by atoms with Crippen molar-refractivity contribution in [2.75, 3.05) is 31.5 Å². The topological polar surface area (TPSA) is 71.2 Å². The monoisotopic (exact) mass is 276 g/mol. The van der Waals surface area contributed by atoms with Gasteiger partial charge in [-0.2, -0.15) is 0 Å². The minimum atomic E-state index is -0.491. The largest absolute Gasteiger partial charge is 0.385 e. The Hall–Kier alpha value is -1.62. The number of nitrogens with two attached hydrogens (primary N) is 1. The number of pyridine rings is 1. The number of rotatable bonds is 6. The van der Waals surface area contributed by atoms with E-state index in [1.165, 1.54) is 32.4 Å². The maximum atomic E-state index is 11.1. The molecule has 2 rings (SSSR count). The van der Waals surface area contributed by atoms with Gasteiger partial charge in [-0.3, -0.25) is 9.78 Å². The van der Waals surface area contributed by atoms with Crippen LogP contribution in [0.5, 0.6) is 0 Å². The van der Waals surface area contributed by atoms with Crippen molar-refractivity contribution in [3.8, 4) is 0 Å². The number of anilines is 1. The van der Waals surface area contributed by atoms with E-state index in [4.69, 9.17) is 5.73 Å². The predicted molar refractivity (Wildman–Crippen MR) is 80.7 cm³/mol. The molecule has 0 bridgehead atoms. The summed E-state index contributed by atoms with van der Waals surface area (Å²) in [6.45, 7) is 6.72. The van der Waals surface area contributed by atoms with Crippen LogP contribution in [0.3, 0.4) is 0 Å². The van der Waals surface area contributed by atoms with E-state index >= 15 is 0 Å². The van der Waals surface area contributed by atoms with Crippen molar-refractivity contribution in [1.29, 1.82) is 0 Å². The number of nitrogens with zero attached hydrogens (tertiary/aromatic N) is 2. The van der Waals surface area contributed by atoms with Gasteiger partial charge in [-0.1, -0.05) is 13.3 Å². The van der Waals surface area contributed by atoms with Crippen molar-refractivity contribution in [3.63, 3.8) is 0 Å². The summed E-state index contributed by atoms with van der Waals surface area (Å²) >= 11 is 0. The van der Waals surface area contributed by atoms with Crippen LogP contribution in [0.25, 0.3) is 0 Å². The number of hydrogen-bond donors (Lipinski definition) is 2. The first kappa shape index (κ1) is 14.8. The Bertz CT molecular complexity index is 443. The van der Waals surface area contributed by atoms with Gasteiger partial charge in [0, 0.05) is 25.0 Å². The molecule has 110 valence electrons. The molecular weight excluding hydrogens is 252 g/mol. The van der Waals surface area contributed by atoms with Gasteiger partial charge in [0.15, 0.2) is 0 Å². The van der Waals surface area contributed by atoms with Gasteiger partial charge in [-0.15, -0.1) is 0 Å². The standard InChI is InChI=1S/C15H24N4O/c1-12(11-19-7-3-2-4-8-19)10-18-13-5-6-17-14(9-13)15(16)20/h5-6,9,12H,2-4,7-8,10-11H2,1H3,(H2,16,20)(H,17,18). The van der Waals surface area contributed by atoms with Crippen LogP contribution >= 0.6 is 0 Å². The fourth-order valence-corrected chi connectivity index (χ4v) is 2.61. The number of hydrogen-bond acceptors (Lipinski definition) is 4. The molecule has 0 radical (unpaired) electrons. The number of amides is 1. The first-order valence-electron chi connectivity index (χ1n) is 7.37. The number of aromatic nitrogens is 1. The van der Waals surface area contributed by atoms with Gasteiger partial charge in [0.05, 0.1) is 0 Å². The molecule has 3 N–H and O–H groups in total. The average Bonchev–Trinajstić information content (AvgIpc) is 2.46. The molecule has 0 spiro atoms. The molecule has 1 aromatic heterocycles. The van der Waals surface area contributed by atoms with Gasteiger partial charge >= 0.3 is 0 Å². The van der Waals surface area contributed by atoms with Crippen molar-refractivity contribution in [3.05, 3.63) is 24.0 Å². The summed E-state index contributed by atoms with van der Waals surface area (Å²) in [5.41, 5.74) is 6.43. The Balaban J connectivity index is 1.78. The lowest BCUT2D eigenvalue weighted by atomic mass is 10.1. The molecule has 0 aromatic carbocycles. The van der Waals surface area contributed by atoms with Crippen LogP contribution in [0, 0.1) is 5.92 Å². The molecular formula is C15H24N4O. The van der Waals surface area contributed by atoms with Crippen LogP contribution in [0.15, 0.2) is 18.3 Å². The smallest absolute Gasteiger partial charge is 0.267 e. The highest BCUT2D eigenvalue weighted by molar-refractivity contribution is 5.91. The normalized spacial score (nSPS) is 17.6. The van der Waals surface area contributed by atoms with Crippen molar-refractivity contribution >= 4 is 11.6 Å². The van der Waals surface area contributed by atoms with Crippen molar-refractivity contribution in [2.24, 2.45) is 11.7 Å². The fraction of sp³-hybridized carbons (Fsp3) is 0.600. The van der Waals surface area contributed by atoms with Crippen molar-refractivity contribution < 1.29 is 4.79 Å². The van der Waals surface area contributed by atoms with Crippen molar-refractivity contribution in [1.82, 2.24) is 9.88 Å². The molecule has 2 heterocycles. The summed E-state index contributed by atoms with van der Waals surface area (Å²) in [4.78, 5) is 17.6. The number of likely N-dealkylation sites (tertiary alicyclic amines) is 1. The number of nitrogens with one attached hydrogen (secondary N) is 1. The third-order valence-corrected chi connectivity index (χ3v) is 3.69. The molecule has 1 fully saturated rings. The SMILES string of the molecule is CC(CNc1ccnc(C(N)=O)c1)CN1CCCCC1. The van der Waals surface area contributed by atoms with Crippen LogP contribution in [0.2, 0.25) is 0 Å². The highest BCUT2D eigenvalue weighted by Crippen LogP contribution is 2.12. The number of primary amides is 1. The molecule has 5 heteroatoms. The van der Waals surface area contributed by atoms with E-state index < -0.39 is 5.91 Å². The molecule has 1 aliphatic rings. The number of carbonyl (C=O) groups excluding carboxylic acids is 1. The van der Waals surface area contributed by atoms with Crippen LogP contribution in [-0.2, 0) is 0 Å². The lowest BCUT2D eigenvalue weighted by molar-refractivity contribution is 0.0995. The molecule has 1 aromatic rings. The van der Waals surface area contributed by atoms with Gasteiger partial charge in [0.1, 0.15) is 5.69 Å². The Morgan fingerprint density at radius 3 is 2.90 bits per heavy atom. The zero-order valence-electron chi connectivity index (χ0n) is 12.1. The fourth-order valence-electron chi connectivity index (χ4n) is 2.61. The second-order valence-corrected chi connectivity index (χ2v) is 5.64. The summed E-state index contributed by atoms with van der Waals surface area (Å²) in [7, 11) is 0. The summed E-state index contributed by atoms with van der Waals surface area (Å²) in [5, 5.41) is 3.35. The number of piperidine rings is 1. The summed E-state index contributed by atoms with van der Waals surface area (Å²) in [6, 6.07) is 3.57. The van der Waals surface area contributed by atoms with E-state index in [-0.39, 0.29) is 0 Å². The van der Waals surface area contributed by atoms with E-state index in [1.807, 2.05) is 6.07 Å². The van der Waals surface area contributed by atoms with E-state index in [9.17, 15) is 4.79 Å². The van der Waals surface area contributed by atoms with Gasteiger partial charge in [0.25, 0.3) is 5.91 Å². The molecule has 1 atom stereocenters. The first-order chi connectivity index (χ1) is 9.65. The summed E-state index contributed by atoms with van der Waals surface area (Å²) in [5.74, 6) is 0.0771. The van der Waals surface area contributed by atoms with E-state index in [0.717, 1.165) is 18.8 Å². The van der Waals surface area contributed by atoms with E-state index in [0.29, 0.717) is 11.6 Å². The van der Waals surface area contributed by atoms with Gasteiger partial charge < -0.3 is 16.0 Å². The molecule has 1 saturated heterocycles. The number of carbonyl (C=O) groups is 1. The minimum absolute atomic E-state index is 0.304. The Morgan fingerprint density at radius 1 is 1.45 bits per heavy atom. The average molecular weight is 276 g/mol. The van der Waals surface area contributed by atoms with Crippen LogP contribution < -0.4 is 11.1 Å². The molecule has 1 aliphatic heterocycles. The lowest BCUT2D eigenvalue weighted by Gasteiger charge is -2.29. The minimum Gasteiger partial charge on any atom is -0.385 e. The lowest BCUT2D eigenvalue weighted by Crippen LogP contribution is -2.35. The third-order valence-electron chi connectivity index (χ3n) is 3.69. The predicted octanol–water partition coefficient (Wildman–Crippen LogP) is 1.71. The van der Waals surface area contributed by atoms with Crippen LogP contribution in [0.1, 0.15) is 36.7 Å². The first-order valence-corrected chi connectivity index (χ1v) is 7.37. The molecule has 0 aliphatic carbocycles. The van der Waals surface area contributed by atoms with Crippen molar-refractivity contribution in [2.45, 2.75) is 26.2 Å². The second kappa shape index (κ2) is 7.24. The zero-order chi connectivity index (χ0) is 14.4. The van der Waals surface area contributed by atoms with E-state index in [2.05, 4.69) is 22.1 Å². The third kappa shape index (κ3) is 4.49. The van der Waals surface area contributed by atoms with Gasteiger partial charge in [0.2, 0.25) is 0 Å². The maximum absolute atomic E-state index is 11.1. The highest BCUT2D eigenvalue weighted by Gasteiger charge is 2.13. The van der Waals surface area contributed by atoms with Crippen LogP contribution in [-0.4, -0.2) is 42.0 Å². The Morgan fingerprint density at radius 2 is 2.20 bits per heavy atom. The summed E-state index contributed by atoms with van der Waals surface area (Å²) in [6.07, 6.45) is 5.63. The summed E-state index contributed by atoms with van der Waals surface area (Å²) < 4.78 is 0. The molecule has 0 saturated carbocycles. The zero-order valence-corrected chi connectivity index (χ0v) is 12.1. The maximum Gasteiger partial charge on any atom is 0.267 e. The molecule has 20 heavy (non-hydrogen) atoms. The Kier molecular flexibility index (Phi) is 5.35. The molecule has 5 nitrogen and oxygen atoms in total. The quantitative estimate of drug-likeness (QED) is 0.830. The van der Waals surface area contributed by atoms with Gasteiger partial charge in [-0.05, 0) is 44.0 Å². The second-order valence-electron chi connectivity index (χ2n) is 5.64. The molecule has 1 amide bonds. The molecule has 1 unspecified atom stereocenters. The van der Waals surface area contributed by atoms with E-state index in [1.54, 1.807) is 12.3 Å². The highest BCUT2D eigenvalue weighted by atomic mass is 16.1. The Labute approximate surface area is 120 Å².